The first-order valence-corrected chi connectivity index (χ1v) is 8.35. The fraction of sp³-hybridized carbons (Fsp3) is 0.500. The number of benzene rings is 1. The Morgan fingerprint density at radius 2 is 1.88 bits per heavy atom. The number of halogens is 1. The van der Waals surface area contributed by atoms with E-state index >= 15 is 0 Å². The predicted molar refractivity (Wildman–Crippen MR) is 97.0 cm³/mol. The molecule has 7 heteroatoms. The molecule has 1 aliphatic rings. The molecule has 1 fully saturated rings. The minimum absolute atomic E-state index is 0.145. The average Bonchev–Trinajstić information content (AvgIpc) is 2.71. The van der Waals surface area contributed by atoms with E-state index in [2.05, 4.69) is 5.32 Å². The number of carbonyl (C=O) groups excluding carboxylic acids is 1. The van der Waals surface area contributed by atoms with Crippen molar-refractivity contribution in [1.29, 1.82) is 0 Å². The third kappa shape index (κ3) is 4.48. The molecule has 3 N–H and O–H groups in total. The van der Waals surface area contributed by atoms with Crippen LogP contribution < -0.4 is 11.1 Å². The highest BCUT2D eigenvalue weighted by atomic mass is 19.1. The number of carbonyl (C=O) groups is 1. The monoisotopic (exact) mass is 348 g/mol. The Morgan fingerprint density at radius 3 is 2.36 bits per heavy atom. The Balaban J connectivity index is 2.33. The van der Waals surface area contributed by atoms with Crippen LogP contribution in [0.3, 0.4) is 0 Å². The van der Waals surface area contributed by atoms with Crippen LogP contribution in [0.2, 0.25) is 0 Å². The Bertz CT molecular complexity index is 673. The first kappa shape index (κ1) is 19.6. The van der Waals surface area contributed by atoms with Gasteiger partial charge in [-0.15, -0.1) is 0 Å². The Morgan fingerprint density at radius 1 is 1.28 bits per heavy atom. The van der Waals surface area contributed by atoms with E-state index in [0.29, 0.717) is 16.6 Å². The average molecular weight is 348 g/mol. The molecule has 0 atom stereocenters. The zero-order valence-corrected chi connectivity index (χ0v) is 15.5. The van der Waals surface area contributed by atoms with Gasteiger partial charge in [0.1, 0.15) is 5.82 Å². The smallest absolute Gasteiger partial charge is 0.400 e. The summed E-state index contributed by atoms with van der Waals surface area (Å²) in [5.74, 6) is -0.517. The molecular formula is C18H26BFN2O3. The largest absolute Gasteiger partial charge is 0.492 e. The molecule has 1 amide bonds. The fourth-order valence-electron chi connectivity index (χ4n) is 2.46. The standard InChI is InChI=1S/C18H26BFN2O3/c1-12(23)22-11-15(19-24-17(2,3)18(4,5)25-19)8-13-6-7-14(10-21)16(20)9-13/h6-9H,10-11,21H2,1-5H3,(H,22,23). The molecule has 0 aromatic heterocycles. The fourth-order valence-corrected chi connectivity index (χ4v) is 2.46. The summed E-state index contributed by atoms with van der Waals surface area (Å²) in [5, 5.41) is 2.75. The molecule has 0 bridgehead atoms. The number of hydrogen-bond donors (Lipinski definition) is 2. The lowest BCUT2D eigenvalue weighted by Crippen LogP contribution is -2.41. The van der Waals surface area contributed by atoms with Crippen molar-refractivity contribution in [2.75, 3.05) is 6.54 Å². The van der Waals surface area contributed by atoms with E-state index < -0.39 is 18.3 Å². The van der Waals surface area contributed by atoms with Gasteiger partial charge in [0.15, 0.2) is 0 Å². The molecule has 1 saturated heterocycles. The van der Waals surface area contributed by atoms with E-state index in [9.17, 15) is 9.18 Å². The van der Waals surface area contributed by atoms with Gasteiger partial charge in [0.25, 0.3) is 0 Å². The molecule has 1 aromatic rings. The molecule has 0 unspecified atom stereocenters. The summed E-state index contributed by atoms with van der Waals surface area (Å²) in [6.45, 7) is 9.67. The second-order valence-corrected chi connectivity index (χ2v) is 7.27. The second-order valence-electron chi connectivity index (χ2n) is 7.27. The summed E-state index contributed by atoms with van der Waals surface area (Å²) in [4.78, 5) is 11.3. The molecule has 0 saturated carbocycles. The van der Waals surface area contributed by atoms with Gasteiger partial charge in [-0.05, 0) is 44.8 Å². The minimum atomic E-state index is -0.617. The zero-order valence-electron chi connectivity index (χ0n) is 15.5. The molecule has 25 heavy (non-hydrogen) atoms. The third-order valence-electron chi connectivity index (χ3n) is 4.75. The number of amides is 1. The quantitative estimate of drug-likeness (QED) is 0.802. The van der Waals surface area contributed by atoms with Gasteiger partial charge in [0.2, 0.25) is 5.91 Å². The van der Waals surface area contributed by atoms with E-state index in [1.165, 1.54) is 13.0 Å². The molecule has 0 radical (unpaired) electrons. The molecule has 1 heterocycles. The van der Waals surface area contributed by atoms with Crippen LogP contribution in [-0.4, -0.2) is 30.8 Å². The van der Waals surface area contributed by atoms with Crippen LogP contribution in [0.5, 0.6) is 0 Å². The number of nitrogens with two attached hydrogens (primary N) is 1. The van der Waals surface area contributed by atoms with E-state index in [0.717, 1.165) is 0 Å². The molecule has 0 spiro atoms. The van der Waals surface area contributed by atoms with Gasteiger partial charge in [-0.3, -0.25) is 4.79 Å². The lowest BCUT2D eigenvalue weighted by Gasteiger charge is -2.32. The molecule has 2 rings (SSSR count). The van der Waals surface area contributed by atoms with Crippen molar-refractivity contribution in [3.63, 3.8) is 0 Å². The van der Waals surface area contributed by atoms with Crippen molar-refractivity contribution in [3.05, 3.63) is 40.6 Å². The molecule has 1 aromatic carbocycles. The minimum Gasteiger partial charge on any atom is -0.400 e. The summed E-state index contributed by atoms with van der Waals surface area (Å²) in [7, 11) is -0.617. The summed E-state index contributed by atoms with van der Waals surface area (Å²) in [6, 6.07) is 4.85. The maximum Gasteiger partial charge on any atom is 0.492 e. The van der Waals surface area contributed by atoms with Gasteiger partial charge in [-0.25, -0.2) is 4.39 Å². The van der Waals surface area contributed by atoms with Gasteiger partial charge >= 0.3 is 7.12 Å². The van der Waals surface area contributed by atoms with Crippen molar-refractivity contribution in [3.8, 4) is 0 Å². The first-order chi connectivity index (χ1) is 11.6. The van der Waals surface area contributed by atoms with Gasteiger partial charge in [0.05, 0.1) is 11.2 Å². The van der Waals surface area contributed by atoms with Crippen LogP contribution in [0.25, 0.3) is 6.08 Å². The predicted octanol–water partition coefficient (Wildman–Crippen LogP) is 2.44. The highest BCUT2D eigenvalue weighted by molar-refractivity contribution is 6.56. The molecule has 5 nitrogen and oxygen atoms in total. The highest BCUT2D eigenvalue weighted by Gasteiger charge is 2.52. The van der Waals surface area contributed by atoms with Gasteiger partial charge < -0.3 is 20.4 Å². The summed E-state index contributed by atoms with van der Waals surface area (Å²) in [6.07, 6.45) is 1.78. The zero-order chi connectivity index (χ0) is 18.8. The summed E-state index contributed by atoms with van der Waals surface area (Å²) in [5.41, 5.74) is 6.33. The van der Waals surface area contributed by atoms with Gasteiger partial charge in [-0.2, -0.15) is 0 Å². The van der Waals surface area contributed by atoms with Crippen LogP contribution in [0.4, 0.5) is 4.39 Å². The first-order valence-electron chi connectivity index (χ1n) is 8.35. The van der Waals surface area contributed by atoms with Crippen molar-refractivity contribution >= 4 is 19.1 Å². The normalized spacial score (nSPS) is 19.2. The van der Waals surface area contributed by atoms with E-state index in [1.54, 1.807) is 18.2 Å². The topological polar surface area (TPSA) is 73.6 Å². The maximum absolute atomic E-state index is 14.0. The van der Waals surface area contributed by atoms with Crippen LogP contribution in [0.15, 0.2) is 23.7 Å². The second kappa shape index (κ2) is 7.27. The SMILES string of the molecule is CC(=O)NCC(=Cc1ccc(CN)c(F)c1)B1OC(C)(C)C(C)(C)O1. The highest BCUT2D eigenvalue weighted by Crippen LogP contribution is 2.38. The molecular weight excluding hydrogens is 322 g/mol. The maximum atomic E-state index is 14.0. The lowest BCUT2D eigenvalue weighted by atomic mass is 9.77. The van der Waals surface area contributed by atoms with Crippen molar-refractivity contribution < 1.29 is 18.5 Å². The number of hydrogen-bond acceptors (Lipinski definition) is 4. The lowest BCUT2D eigenvalue weighted by molar-refractivity contribution is -0.118. The molecule has 0 aliphatic carbocycles. The van der Waals surface area contributed by atoms with Crippen molar-refractivity contribution in [2.45, 2.75) is 52.4 Å². The van der Waals surface area contributed by atoms with Gasteiger partial charge in [-0.1, -0.05) is 18.2 Å². The van der Waals surface area contributed by atoms with Crippen LogP contribution in [0.1, 0.15) is 45.7 Å². The summed E-state index contributed by atoms with van der Waals surface area (Å²) >= 11 is 0. The van der Waals surface area contributed by atoms with Gasteiger partial charge in [0, 0.05) is 25.6 Å². The molecule has 1 aliphatic heterocycles. The third-order valence-corrected chi connectivity index (χ3v) is 4.75. The number of nitrogens with one attached hydrogen (secondary N) is 1. The van der Waals surface area contributed by atoms with E-state index in [-0.39, 0.29) is 24.8 Å². The van der Waals surface area contributed by atoms with Crippen LogP contribution >= 0.6 is 0 Å². The number of rotatable bonds is 5. The van der Waals surface area contributed by atoms with Crippen molar-refractivity contribution in [1.82, 2.24) is 5.32 Å². The Kier molecular flexibility index (Phi) is 5.71. The van der Waals surface area contributed by atoms with E-state index in [4.69, 9.17) is 15.0 Å². The van der Waals surface area contributed by atoms with Crippen molar-refractivity contribution in [2.24, 2.45) is 5.73 Å². The Hall–Kier alpha value is -1.70. The van der Waals surface area contributed by atoms with Crippen LogP contribution in [0, 0.1) is 5.82 Å². The Labute approximate surface area is 148 Å². The van der Waals surface area contributed by atoms with E-state index in [1.807, 2.05) is 27.7 Å². The van der Waals surface area contributed by atoms with Crippen LogP contribution in [-0.2, 0) is 20.6 Å². The summed E-state index contributed by atoms with van der Waals surface area (Å²) < 4.78 is 26.1. The molecule has 136 valence electrons.